The summed E-state index contributed by atoms with van der Waals surface area (Å²) in [6.45, 7) is 2.03. The Hall–Kier alpha value is -1.88. The SMILES string of the molecule is CCc1csc(Oc2ccccc2CC(=O)O)n1. The van der Waals surface area contributed by atoms with E-state index in [1.54, 1.807) is 18.2 Å². The van der Waals surface area contributed by atoms with Gasteiger partial charge in [-0.1, -0.05) is 36.5 Å². The lowest BCUT2D eigenvalue weighted by atomic mass is 10.1. The van der Waals surface area contributed by atoms with Crippen molar-refractivity contribution in [3.05, 3.63) is 40.9 Å². The Bertz CT molecular complexity index is 551. The molecule has 4 nitrogen and oxygen atoms in total. The van der Waals surface area contributed by atoms with E-state index in [1.165, 1.54) is 11.3 Å². The molecule has 1 heterocycles. The lowest BCUT2D eigenvalue weighted by Gasteiger charge is -2.06. The van der Waals surface area contributed by atoms with Crippen molar-refractivity contribution >= 4 is 17.3 Å². The Morgan fingerprint density at radius 3 is 2.89 bits per heavy atom. The molecule has 0 aliphatic heterocycles. The number of benzene rings is 1. The van der Waals surface area contributed by atoms with Crippen molar-refractivity contribution in [2.24, 2.45) is 0 Å². The quantitative estimate of drug-likeness (QED) is 0.900. The van der Waals surface area contributed by atoms with E-state index in [1.807, 2.05) is 18.4 Å². The highest BCUT2D eigenvalue weighted by Gasteiger charge is 2.10. The highest BCUT2D eigenvalue weighted by molar-refractivity contribution is 7.11. The molecule has 0 amide bonds. The van der Waals surface area contributed by atoms with E-state index in [0.29, 0.717) is 16.5 Å². The molecule has 0 aliphatic rings. The summed E-state index contributed by atoms with van der Waals surface area (Å²) < 4.78 is 5.64. The minimum absolute atomic E-state index is 0.0534. The van der Waals surface area contributed by atoms with Crippen molar-refractivity contribution in [3.63, 3.8) is 0 Å². The molecule has 1 N–H and O–H groups in total. The molecule has 0 fully saturated rings. The van der Waals surface area contributed by atoms with Crippen LogP contribution in [0.2, 0.25) is 0 Å². The third kappa shape index (κ3) is 3.07. The number of carboxylic acids is 1. The Morgan fingerprint density at radius 1 is 1.44 bits per heavy atom. The normalized spacial score (nSPS) is 10.3. The standard InChI is InChI=1S/C13H13NO3S/c1-2-10-8-18-13(14-10)17-11-6-4-3-5-9(11)7-12(15)16/h3-6,8H,2,7H2,1H3,(H,15,16). The van der Waals surface area contributed by atoms with Crippen LogP contribution in [0.25, 0.3) is 0 Å². The zero-order valence-corrected chi connectivity index (χ0v) is 10.7. The van der Waals surface area contributed by atoms with Gasteiger partial charge >= 0.3 is 5.97 Å². The van der Waals surface area contributed by atoms with Crippen molar-refractivity contribution in [2.45, 2.75) is 19.8 Å². The summed E-state index contributed by atoms with van der Waals surface area (Å²) in [5.41, 5.74) is 1.63. The van der Waals surface area contributed by atoms with Gasteiger partial charge in [0.25, 0.3) is 5.19 Å². The van der Waals surface area contributed by atoms with Crippen LogP contribution in [0.4, 0.5) is 0 Å². The van der Waals surface area contributed by atoms with E-state index in [0.717, 1.165) is 12.1 Å². The smallest absolute Gasteiger partial charge is 0.307 e. The molecule has 0 aliphatic carbocycles. The van der Waals surface area contributed by atoms with Gasteiger partial charge in [0.1, 0.15) is 5.75 Å². The summed E-state index contributed by atoms with van der Waals surface area (Å²) in [5, 5.41) is 11.3. The van der Waals surface area contributed by atoms with Crippen molar-refractivity contribution in [3.8, 4) is 10.9 Å². The lowest BCUT2D eigenvalue weighted by molar-refractivity contribution is -0.136. The first-order chi connectivity index (χ1) is 8.69. The number of hydrogen-bond donors (Lipinski definition) is 1. The fraction of sp³-hybridized carbons (Fsp3) is 0.231. The van der Waals surface area contributed by atoms with Gasteiger partial charge < -0.3 is 9.84 Å². The monoisotopic (exact) mass is 263 g/mol. The summed E-state index contributed by atoms with van der Waals surface area (Å²) in [4.78, 5) is 15.0. The summed E-state index contributed by atoms with van der Waals surface area (Å²) in [5.74, 6) is -0.323. The molecule has 2 rings (SSSR count). The predicted molar refractivity (Wildman–Crippen MR) is 69.3 cm³/mol. The van der Waals surface area contributed by atoms with Crippen molar-refractivity contribution < 1.29 is 14.6 Å². The number of rotatable bonds is 5. The van der Waals surface area contributed by atoms with Gasteiger partial charge in [-0.05, 0) is 12.5 Å². The molecular formula is C13H13NO3S. The number of aliphatic carboxylic acids is 1. The molecule has 2 aromatic rings. The van der Waals surface area contributed by atoms with Crippen molar-refractivity contribution in [1.29, 1.82) is 0 Å². The molecular weight excluding hydrogens is 250 g/mol. The first kappa shape index (κ1) is 12.6. The maximum atomic E-state index is 10.8. The van der Waals surface area contributed by atoms with Crippen LogP contribution in [0.5, 0.6) is 10.9 Å². The van der Waals surface area contributed by atoms with Crippen LogP contribution in [-0.4, -0.2) is 16.1 Å². The van der Waals surface area contributed by atoms with Gasteiger partial charge in [-0.3, -0.25) is 4.79 Å². The number of aryl methyl sites for hydroxylation is 1. The Labute approximate surface area is 109 Å². The molecule has 1 aromatic carbocycles. The minimum atomic E-state index is -0.876. The molecule has 0 saturated carbocycles. The van der Waals surface area contributed by atoms with E-state index in [-0.39, 0.29) is 6.42 Å². The van der Waals surface area contributed by atoms with E-state index >= 15 is 0 Å². The van der Waals surface area contributed by atoms with E-state index in [9.17, 15) is 4.79 Å². The minimum Gasteiger partial charge on any atom is -0.481 e. The van der Waals surface area contributed by atoms with E-state index in [2.05, 4.69) is 4.98 Å². The van der Waals surface area contributed by atoms with Crippen LogP contribution in [0.1, 0.15) is 18.2 Å². The van der Waals surface area contributed by atoms with Gasteiger partial charge in [0.2, 0.25) is 0 Å². The predicted octanol–water partition coefficient (Wildman–Crippen LogP) is 3.12. The largest absolute Gasteiger partial charge is 0.481 e. The number of carbonyl (C=O) groups is 1. The summed E-state index contributed by atoms with van der Waals surface area (Å²) in [6, 6.07) is 7.11. The highest BCUT2D eigenvalue weighted by atomic mass is 32.1. The molecule has 5 heteroatoms. The molecule has 0 saturated heterocycles. The van der Waals surface area contributed by atoms with Crippen LogP contribution in [0.3, 0.4) is 0 Å². The number of ether oxygens (including phenoxy) is 1. The first-order valence-electron chi connectivity index (χ1n) is 5.61. The van der Waals surface area contributed by atoms with Gasteiger partial charge in [0.15, 0.2) is 0 Å². The second-order valence-electron chi connectivity index (χ2n) is 3.74. The number of aromatic nitrogens is 1. The maximum absolute atomic E-state index is 10.8. The van der Waals surface area contributed by atoms with Crippen LogP contribution < -0.4 is 4.74 Å². The van der Waals surface area contributed by atoms with E-state index < -0.39 is 5.97 Å². The van der Waals surface area contributed by atoms with Gasteiger partial charge in [-0.15, -0.1) is 0 Å². The molecule has 0 radical (unpaired) electrons. The number of nitrogens with zero attached hydrogens (tertiary/aromatic N) is 1. The van der Waals surface area contributed by atoms with E-state index in [4.69, 9.17) is 9.84 Å². The number of carboxylic acid groups (broad SMARTS) is 1. The number of hydrogen-bond acceptors (Lipinski definition) is 4. The fourth-order valence-electron chi connectivity index (χ4n) is 1.50. The zero-order chi connectivity index (χ0) is 13.0. The highest BCUT2D eigenvalue weighted by Crippen LogP contribution is 2.28. The van der Waals surface area contributed by atoms with Gasteiger partial charge in [-0.25, -0.2) is 4.98 Å². The average molecular weight is 263 g/mol. The third-order valence-corrected chi connectivity index (χ3v) is 3.17. The van der Waals surface area contributed by atoms with Crippen molar-refractivity contribution in [2.75, 3.05) is 0 Å². The van der Waals surface area contributed by atoms with Crippen LogP contribution in [-0.2, 0) is 17.6 Å². The molecule has 0 bridgehead atoms. The summed E-state index contributed by atoms with van der Waals surface area (Å²) in [7, 11) is 0. The second-order valence-corrected chi connectivity index (χ2v) is 4.56. The van der Waals surface area contributed by atoms with Crippen molar-refractivity contribution in [1.82, 2.24) is 4.98 Å². The molecule has 0 unspecified atom stereocenters. The average Bonchev–Trinajstić information content (AvgIpc) is 2.79. The number of para-hydroxylation sites is 1. The zero-order valence-electron chi connectivity index (χ0n) is 9.92. The Balaban J connectivity index is 2.20. The maximum Gasteiger partial charge on any atom is 0.307 e. The number of thiazole rings is 1. The Morgan fingerprint density at radius 2 is 2.22 bits per heavy atom. The third-order valence-electron chi connectivity index (χ3n) is 2.40. The van der Waals surface area contributed by atoms with Crippen LogP contribution in [0.15, 0.2) is 29.6 Å². The second kappa shape index (κ2) is 5.64. The molecule has 94 valence electrons. The molecule has 18 heavy (non-hydrogen) atoms. The topological polar surface area (TPSA) is 59.4 Å². The summed E-state index contributed by atoms with van der Waals surface area (Å²) in [6.07, 6.45) is 0.804. The molecule has 0 spiro atoms. The fourth-order valence-corrected chi connectivity index (χ4v) is 2.27. The Kier molecular flexibility index (Phi) is 3.94. The van der Waals surface area contributed by atoms with Crippen LogP contribution in [0, 0.1) is 0 Å². The lowest BCUT2D eigenvalue weighted by Crippen LogP contribution is -2.01. The van der Waals surface area contributed by atoms with Gasteiger partial charge in [0.05, 0.1) is 12.1 Å². The molecule has 0 atom stereocenters. The van der Waals surface area contributed by atoms with Gasteiger partial charge in [0, 0.05) is 10.9 Å². The van der Waals surface area contributed by atoms with Crippen LogP contribution >= 0.6 is 11.3 Å². The van der Waals surface area contributed by atoms with Gasteiger partial charge in [-0.2, -0.15) is 0 Å². The first-order valence-corrected chi connectivity index (χ1v) is 6.49. The molecule has 1 aromatic heterocycles. The summed E-state index contributed by atoms with van der Waals surface area (Å²) >= 11 is 1.42.